The number of halogens is 1. The smallest absolute Gasteiger partial charge is 0.130 e. The van der Waals surface area contributed by atoms with Crippen LogP contribution in [0, 0.1) is 0 Å². The van der Waals surface area contributed by atoms with Crippen molar-refractivity contribution in [1.29, 1.82) is 0 Å². The Kier molecular flexibility index (Phi) is 4.57. The number of anilines is 1. The average molecular weight is 238 g/mol. The Bertz CT molecular complexity index is 419. The summed E-state index contributed by atoms with van der Waals surface area (Å²) in [6, 6.07) is 11.0. The van der Waals surface area contributed by atoms with Crippen molar-refractivity contribution in [2.24, 2.45) is 5.84 Å². The van der Waals surface area contributed by atoms with Crippen molar-refractivity contribution in [3.05, 3.63) is 48.8 Å². The molecular weight excluding hydrogens is 226 g/mol. The quantitative estimate of drug-likeness (QED) is 0.636. The van der Waals surface area contributed by atoms with Gasteiger partial charge in [-0.05, 0) is 36.4 Å². The number of pyridine rings is 1. The maximum Gasteiger partial charge on any atom is 0.130 e. The van der Waals surface area contributed by atoms with Crippen molar-refractivity contribution >= 4 is 18.1 Å². The summed E-state index contributed by atoms with van der Waals surface area (Å²) in [5.74, 6) is 6.78. The van der Waals surface area contributed by atoms with Crippen LogP contribution in [0.25, 0.3) is 0 Å². The van der Waals surface area contributed by atoms with Crippen LogP contribution in [0.15, 0.2) is 48.8 Å². The van der Waals surface area contributed by atoms with Gasteiger partial charge in [0.05, 0.1) is 0 Å². The summed E-state index contributed by atoms with van der Waals surface area (Å²) in [6.45, 7) is 0. The van der Waals surface area contributed by atoms with Crippen molar-refractivity contribution < 1.29 is 4.74 Å². The molecule has 0 fully saturated rings. The van der Waals surface area contributed by atoms with Crippen molar-refractivity contribution in [3.63, 3.8) is 0 Å². The maximum atomic E-state index is 5.57. The summed E-state index contributed by atoms with van der Waals surface area (Å²) in [4.78, 5) is 3.91. The fraction of sp³-hybridized carbons (Fsp3) is 0. The number of nitrogens with zero attached hydrogens (tertiary/aromatic N) is 1. The first-order valence-corrected chi connectivity index (χ1v) is 4.53. The minimum Gasteiger partial charge on any atom is -0.457 e. The summed E-state index contributed by atoms with van der Waals surface area (Å²) < 4.78 is 5.57. The lowest BCUT2D eigenvalue weighted by Gasteiger charge is -2.05. The first kappa shape index (κ1) is 12.3. The third-order valence-electron chi connectivity index (χ3n) is 1.91. The average Bonchev–Trinajstić information content (AvgIpc) is 2.31. The Morgan fingerprint density at radius 1 is 0.938 bits per heavy atom. The van der Waals surface area contributed by atoms with E-state index in [-0.39, 0.29) is 12.4 Å². The number of hydrogen-bond donors (Lipinski definition) is 2. The second kappa shape index (κ2) is 5.95. The molecule has 0 aliphatic carbocycles. The van der Waals surface area contributed by atoms with E-state index in [0.29, 0.717) is 0 Å². The molecule has 5 heteroatoms. The number of benzene rings is 1. The molecule has 2 rings (SSSR count). The summed E-state index contributed by atoms with van der Waals surface area (Å²) in [6.07, 6.45) is 3.37. The highest BCUT2D eigenvalue weighted by Gasteiger charge is 1.95. The van der Waals surface area contributed by atoms with Crippen LogP contribution in [-0.4, -0.2) is 4.98 Å². The molecule has 0 atom stereocenters. The molecule has 1 aromatic heterocycles. The van der Waals surface area contributed by atoms with Gasteiger partial charge in [-0.1, -0.05) is 0 Å². The van der Waals surface area contributed by atoms with Gasteiger partial charge in [0.2, 0.25) is 0 Å². The van der Waals surface area contributed by atoms with E-state index in [1.165, 1.54) is 0 Å². The third-order valence-corrected chi connectivity index (χ3v) is 1.91. The SMILES string of the molecule is Cl.NNc1ccc(Oc2ccncc2)cc1. The molecule has 0 saturated carbocycles. The predicted molar refractivity (Wildman–Crippen MR) is 65.8 cm³/mol. The van der Waals surface area contributed by atoms with E-state index in [2.05, 4.69) is 10.4 Å². The number of nitrogen functional groups attached to an aromatic ring is 1. The molecule has 16 heavy (non-hydrogen) atoms. The van der Waals surface area contributed by atoms with Crippen molar-refractivity contribution in [2.45, 2.75) is 0 Å². The summed E-state index contributed by atoms with van der Waals surface area (Å²) in [7, 11) is 0. The van der Waals surface area contributed by atoms with Gasteiger partial charge >= 0.3 is 0 Å². The van der Waals surface area contributed by atoms with Gasteiger partial charge < -0.3 is 10.2 Å². The Hall–Kier alpha value is -1.78. The molecule has 0 spiro atoms. The number of aromatic nitrogens is 1. The van der Waals surface area contributed by atoms with Gasteiger partial charge in [-0.25, -0.2) is 0 Å². The Balaban J connectivity index is 0.00000128. The Labute approximate surface area is 99.8 Å². The van der Waals surface area contributed by atoms with Crippen LogP contribution >= 0.6 is 12.4 Å². The molecule has 2 aromatic rings. The van der Waals surface area contributed by atoms with E-state index < -0.39 is 0 Å². The van der Waals surface area contributed by atoms with E-state index >= 15 is 0 Å². The molecule has 0 bridgehead atoms. The molecule has 0 amide bonds. The van der Waals surface area contributed by atoms with Crippen LogP contribution < -0.4 is 16.0 Å². The molecule has 1 aromatic carbocycles. The number of nitrogens with two attached hydrogens (primary N) is 1. The molecule has 84 valence electrons. The highest BCUT2D eigenvalue weighted by Crippen LogP contribution is 2.21. The third kappa shape index (κ3) is 3.12. The number of nitrogens with one attached hydrogen (secondary N) is 1. The largest absolute Gasteiger partial charge is 0.457 e. The van der Waals surface area contributed by atoms with Gasteiger partial charge in [0.15, 0.2) is 0 Å². The zero-order valence-electron chi connectivity index (χ0n) is 8.46. The first-order chi connectivity index (χ1) is 7.38. The van der Waals surface area contributed by atoms with E-state index in [9.17, 15) is 0 Å². The van der Waals surface area contributed by atoms with Crippen molar-refractivity contribution in [2.75, 3.05) is 5.43 Å². The second-order valence-electron chi connectivity index (χ2n) is 2.95. The molecule has 0 aliphatic rings. The van der Waals surface area contributed by atoms with Gasteiger partial charge in [-0.3, -0.25) is 10.8 Å². The van der Waals surface area contributed by atoms with Crippen LogP contribution in [0.4, 0.5) is 5.69 Å². The van der Waals surface area contributed by atoms with Crippen molar-refractivity contribution in [3.8, 4) is 11.5 Å². The standard InChI is InChI=1S/C11H11N3O.ClH/c12-14-9-1-3-10(4-2-9)15-11-5-7-13-8-6-11;/h1-8,14H,12H2;1H. The van der Waals surface area contributed by atoms with Gasteiger partial charge in [0.25, 0.3) is 0 Å². The molecule has 4 nitrogen and oxygen atoms in total. The number of rotatable bonds is 3. The molecule has 3 N–H and O–H groups in total. The van der Waals surface area contributed by atoms with Gasteiger partial charge in [0, 0.05) is 18.1 Å². The normalized spacial score (nSPS) is 9.06. The predicted octanol–water partition coefficient (Wildman–Crippen LogP) is 2.58. The summed E-state index contributed by atoms with van der Waals surface area (Å²) in [5, 5.41) is 0. The molecule has 1 heterocycles. The van der Waals surface area contributed by atoms with Crippen LogP contribution in [0.5, 0.6) is 11.5 Å². The van der Waals surface area contributed by atoms with E-state index in [1.807, 2.05) is 24.3 Å². The fourth-order valence-corrected chi connectivity index (χ4v) is 1.16. The van der Waals surface area contributed by atoms with Crippen LogP contribution in [0.2, 0.25) is 0 Å². The Morgan fingerprint density at radius 2 is 1.50 bits per heavy atom. The molecule has 0 aliphatic heterocycles. The Morgan fingerprint density at radius 3 is 2.06 bits per heavy atom. The number of hydrazine groups is 1. The number of hydrogen-bond acceptors (Lipinski definition) is 4. The van der Waals surface area contributed by atoms with Gasteiger partial charge in [-0.15, -0.1) is 12.4 Å². The van der Waals surface area contributed by atoms with Crippen LogP contribution in [0.3, 0.4) is 0 Å². The first-order valence-electron chi connectivity index (χ1n) is 4.53. The minimum absolute atomic E-state index is 0. The van der Waals surface area contributed by atoms with Gasteiger partial charge in [0.1, 0.15) is 11.5 Å². The zero-order chi connectivity index (χ0) is 10.5. The summed E-state index contributed by atoms with van der Waals surface area (Å²) >= 11 is 0. The van der Waals surface area contributed by atoms with Crippen molar-refractivity contribution in [1.82, 2.24) is 4.98 Å². The zero-order valence-corrected chi connectivity index (χ0v) is 9.28. The highest BCUT2D eigenvalue weighted by molar-refractivity contribution is 5.85. The fourth-order valence-electron chi connectivity index (χ4n) is 1.16. The lowest BCUT2D eigenvalue weighted by atomic mass is 10.3. The summed E-state index contributed by atoms with van der Waals surface area (Å²) in [5.41, 5.74) is 3.40. The monoisotopic (exact) mass is 237 g/mol. The highest BCUT2D eigenvalue weighted by atomic mass is 35.5. The molecule has 0 unspecified atom stereocenters. The molecule has 0 saturated heterocycles. The van der Waals surface area contributed by atoms with E-state index in [1.54, 1.807) is 24.5 Å². The lowest BCUT2D eigenvalue weighted by molar-refractivity contribution is 0.482. The molecule has 0 radical (unpaired) electrons. The topological polar surface area (TPSA) is 60.2 Å². The lowest BCUT2D eigenvalue weighted by Crippen LogP contribution is -2.05. The minimum atomic E-state index is 0. The second-order valence-corrected chi connectivity index (χ2v) is 2.95. The number of ether oxygens (including phenoxy) is 1. The van der Waals surface area contributed by atoms with Gasteiger partial charge in [-0.2, -0.15) is 0 Å². The van der Waals surface area contributed by atoms with E-state index in [4.69, 9.17) is 10.6 Å². The van der Waals surface area contributed by atoms with Crippen LogP contribution in [-0.2, 0) is 0 Å². The van der Waals surface area contributed by atoms with Crippen LogP contribution in [0.1, 0.15) is 0 Å². The molecular formula is C11H12ClN3O. The maximum absolute atomic E-state index is 5.57. The van der Waals surface area contributed by atoms with E-state index in [0.717, 1.165) is 17.2 Å².